The van der Waals surface area contributed by atoms with E-state index in [1.807, 2.05) is 24.3 Å². The first-order valence-corrected chi connectivity index (χ1v) is 9.78. The van der Waals surface area contributed by atoms with Crippen LogP contribution in [0.5, 0.6) is 0 Å². The number of carbonyl (C=O) groups excluding carboxylic acids is 1. The number of benzene rings is 1. The van der Waals surface area contributed by atoms with E-state index in [0.29, 0.717) is 15.7 Å². The van der Waals surface area contributed by atoms with E-state index in [0.717, 1.165) is 15.2 Å². The van der Waals surface area contributed by atoms with Crippen LogP contribution < -0.4 is 4.90 Å². The minimum absolute atomic E-state index is 0.247. The monoisotopic (exact) mass is 405 g/mol. The molecule has 1 aromatic carbocycles. The van der Waals surface area contributed by atoms with Crippen molar-refractivity contribution in [2.45, 2.75) is 23.1 Å². The van der Waals surface area contributed by atoms with E-state index in [4.69, 9.17) is 16.7 Å². The largest absolute Gasteiger partial charge is 0.481 e. The third-order valence-corrected chi connectivity index (χ3v) is 6.29. The summed E-state index contributed by atoms with van der Waals surface area (Å²) < 4.78 is 1.03. The number of amides is 1. The van der Waals surface area contributed by atoms with Gasteiger partial charge in [-0.1, -0.05) is 23.7 Å². The maximum atomic E-state index is 12.9. The fourth-order valence-corrected chi connectivity index (χ4v) is 5.15. The number of carboxylic acid groups (broad SMARTS) is 1. The van der Waals surface area contributed by atoms with E-state index >= 15 is 0 Å². The Balaban J connectivity index is 1.72. The Hall–Kier alpha value is -2.16. The number of thiazole rings is 1. The number of para-hydroxylation sites is 1. The summed E-state index contributed by atoms with van der Waals surface area (Å²) in [5, 5.41) is 9.62. The lowest BCUT2D eigenvalue weighted by Crippen LogP contribution is -2.42. The van der Waals surface area contributed by atoms with Gasteiger partial charge < -0.3 is 5.11 Å². The van der Waals surface area contributed by atoms with Crippen molar-refractivity contribution in [3.05, 3.63) is 46.6 Å². The Morgan fingerprint density at radius 2 is 2.15 bits per heavy atom. The molecule has 0 spiro atoms. The van der Waals surface area contributed by atoms with Gasteiger partial charge in [0, 0.05) is 6.20 Å². The molecule has 0 radical (unpaired) electrons. The summed E-state index contributed by atoms with van der Waals surface area (Å²) >= 11 is 8.72. The Morgan fingerprint density at radius 1 is 1.35 bits per heavy atom. The molecule has 132 valence electrons. The number of aliphatic carboxylic acids is 1. The van der Waals surface area contributed by atoms with Crippen LogP contribution in [-0.4, -0.2) is 32.2 Å². The highest BCUT2D eigenvalue weighted by atomic mass is 35.5. The smallest absolute Gasteiger partial charge is 0.305 e. The molecule has 0 saturated heterocycles. The zero-order valence-electron chi connectivity index (χ0n) is 13.3. The summed E-state index contributed by atoms with van der Waals surface area (Å²) in [6.45, 7) is 0.247. The summed E-state index contributed by atoms with van der Waals surface area (Å²) in [7, 11) is 0. The fourth-order valence-electron chi connectivity index (χ4n) is 2.75. The van der Waals surface area contributed by atoms with E-state index in [9.17, 15) is 9.59 Å². The van der Waals surface area contributed by atoms with E-state index < -0.39 is 11.2 Å². The van der Waals surface area contributed by atoms with Gasteiger partial charge in [0.15, 0.2) is 0 Å². The van der Waals surface area contributed by atoms with Crippen LogP contribution in [0.15, 0.2) is 41.4 Å². The van der Waals surface area contributed by atoms with Gasteiger partial charge in [0.1, 0.15) is 10.8 Å². The van der Waals surface area contributed by atoms with Crippen LogP contribution in [0.3, 0.4) is 0 Å². The second kappa shape index (κ2) is 6.86. The Labute approximate surface area is 161 Å². The molecule has 0 fully saturated rings. The average Bonchev–Trinajstić information content (AvgIpc) is 3.00. The molecule has 4 rings (SSSR count). The standard InChI is InChI=1S/C17H12ClN3O3S2/c18-9-5-12-16(19-7-9)21(17(24)13(25-12)6-15(22)23)8-14-20-10-3-1-2-4-11(10)26-14/h1-5,7,13H,6,8H2,(H,22,23). The van der Waals surface area contributed by atoms with Gasteiger partial charge in [-0.25, -0.2) is 9.97 Å². The van der Waals surface area contributed by atoms with E-state index in [-0.39, 0.29) is 18.9 Å². The second-order valence-electron chi connectivity index (χ2n) is 5.68. The first-order chi connectivity index (χ1) is 12.5. The van der Waals surface area contributed by atoms with Crippen LogP contribution in [-0.2, 0) is 16.1 Å². The summed E-state index contributed by atoms with van der Waals surface area (Å²) in [4.78, 5) is 35.1. The molecular formula is C17H12ClN3O3S2. The summed E-state index contributed by atoms with van der Waals surface area (Å²) in [5.41, 5.74) is 0.873. The van der Waals surface area contributed by atoms with Gasteiger partial charge in [-0.15, -0.1) is 23.1 Å². The molecule has 0 bridgehead atoms. The molecule has 9 heteroatoms. The number of anilines is 1. The highest BCUT2D eigenvalue weighted by Crippen LogP contribution is 2.41. The van der Waals surface area contributed by atoms with E-state index in [1.54, 1.807) is 6.07 Å². The van der Waals surface area contributed by atoms with Gasteiger partial charge in [-0.3, -0.25) is 14.5 Å². The topological polar surface area (TPSA) is 83.4 Å². The van der Waals surface area contributed by atoms with Crippen molar-refractivity contribution < 1.29 is 14.7 Å². The van der Waals surface area contributed by atoms with Crippen molar-refractivity contribution >= 4 is 62.6 Å². The fraction of sp³-hybridized carbons (Fsp3) is 0.176. The third-order valence-electron chi connectivity index (χ3n) is 3.86. The number of hydrogen-bond acceptors (Lipinski definition) is 6. The lowest BCUT2D eigenvalue weighted by Gasteiger charge is -2.31. The molecule has 1 atom stereocenters. The number of rotatable bonds is 4. The summed E-state index contributed by atoms with van der Waals surface area (Å²) in [6, 6.07) is 9.46. The molecular weight excluding hydrogens is 394 g/mol. The van der Waals surface area contributed by atoms with Crippen molar-refractivity contribution in [1.82, 2.24) is 9.97 Å². The number of halogens is 1. The van der Waals surface area contributed by atoms with E-state index in [2.05, 4.69) is 9.97 Å². The highest BCUT2D eigenvalue weighted by Gasteiger charge is 2.36. The number of nitrogens with zero attached hydrogens (tertiary/aromatic N) is 3. The van der Waals surface area contributed by atoms with Crippen molar-refractivity contribution in [2.75, 3.05) is 4.90 Å². The SMILES string of the molecule is O=C(O)CC1Sc2cc(Cl)cnc2N(Cc2nc3ccccc3s2)C1=O. The quantitative estimate of drug-likeness (QED) is 0.710. The number of thioether (sulfide) groups is 1. The van der Waals surface area contributed by atoms with Crippen LogP contribution in [0.25, 0.3) is 10.2 Å². The van der Waals surface area contributed by atoms with Crippen molar-refractivity contribution in [1.29, 1.82) is 0 Å². The molecule has 2 aromatic heterocycles. The molecule has 3 heterocycles. The molecule has 26 heavy (non-hydrogen) atoms. The normalized spacial score (nSPS) is 16.7. The van der Waals surface area contributed by atoms with Crippen LogP contribution in [0.2, 0.25) is 5.02 Å². The van der Waals surface area contributed by atoms with Gasteiger partial charge in [0.05, 0.1) is 38.4 Å². The van der Waals surface area contributed by atoms with Crippen LogP contribution in [0.1, 0.15) is 11.4 Å². The molecule has 1 aliphatic rings. The number of carbonyl (C=O) groups is 2. The number of hydrogen-bond donors (Lipinski definition) is 1. The summed E-state index contributed by atoms with van der Waals surface area (Å²) in [5.74, 6) is -0.807. The van der Waals surface area contributed by atoms with Gasteiger partial charge in [-0.2, -0.15) is 0 Å². The van der Waals surface area contributed by atoms with Crippen LogP contribution in [0.4, 0.5) is 5.82 Å². The molecule has 1 unspecified atom stereocenters. The zero-order valence-corrected chi connectivity index (χ0v) is 15.6. The maximum absolute atomic E-state index is 12.9. The van der Waals surface area contributed by atoms with Crippen molar-refractivity contribution in [3.63, 3.8) is 0 Å². The Kier molecular flexibility index (Phi) is 4.56. The Bertz CT molecular complexity index is 990. The molecule has 6 nitrogen and oxygen atoms in total. The minimum atomic E-state index is -1.02. The predicted molar refractivity (Wildman–Crippen MR) is 102 cm³/mol. The average molecular weight is 406 g/mol. The third kappa shape index (κ3) is 3.27. The second-order valence-corrected chi connectivity index (χ2v) is 8.48. The van der Waals surface area contributed by atoms with Gasteiger partial charge >= 0.3 is 5.97 Å². The lowest BCUT2D eigenvalue weighted by atomic mass is 10.2. The highest BCUT2D eigenvalue weighted by molar-refractivity contribution is 8.01. The first-order valence-electron chi connectivity index (χ1n) is 7.71. The minimum Gasteiger partial charge on any atom is -0.481 e. The van der Waals surface area contributed by atoms with E-state index in [1.165, 1.54) is 34.2 Å². The number of carboxylic acids is 1. The van der Waals surface area contributed by atoms with Crippen molar-refractivity contribution in [2.24, 2.45) is 0 Å². The molecule has 1 amide bonds. The van der Waals surface area contributed by atoms with Crippen LogP contribution in [0, 0.1) is 0 Å². The molecule has 0 aliphatic carbocycles. The number of aromatic nitrogens is 2. The van der Waals surface area contributed by atoms with Gasteiger partial charge in [-0.05, 0) is 18.2 Å². The van der Waals surface area contributed by atoms with Gasteiger partial charge in [0.2, 0.25) is 5.91 Å². The molecule has 1 N–H and O–H groups in total. The molecule has 0 saturated carbocycles. The molecule has 1 aliphatic heterocycles. The predicted octanol–water partition coefficient (Wildman–Crippen LogP) is 3.83. The molecule has 3 aromatic rings. The maximum Gasteiger partial charge on any atom is 0.305 e. The Morgan fingerprint density at radius 3 is 2.92 bits per heavy atom. The van der Waals surface area contributed by atoms with Crippen LogP contribution >= 0.6 is 34.7 Å². The number of fused-ring (bicyclic) bond motifs is 2. The van der Waals surface area contributed by atoms with Crippen molar-refractivity contribution in [3.8, 4) is 0 Å². The lowest BCUT2D eigenvalue weighted by molar-refractivity contribution is -0.138. The number of pyridine rings is 1. The summed E-state index contributed by atoms with van der Waals surface area (Å²) in [6.07, 6.45) is 1.23. The zero-order chi connectivity index (χ0) is 18.3. The first kappa shape index (κ1) is 17.3. The van der Waals surface area contributed by atoms with Gasteiger partial charge in [0.25, 0.3) is 0 Å².